The second-order valence-electron chi connectivity index (χ2n) is 2.36. The molecule has 0 amide bonds. The smallest absolute Gasteiger partial charge is 0.330 e. The van der Waals surface area contributed by atoms with E-state index in [1.807, 2.05) is 0 Å². The lowest BCUT2D eigenvalue weighted by atomic mass is 10.4. The third kappa shape index (κ3) is 0.841. The van der Waals surface area contributed by atoms with Crippen LogP contribution in [0.1, 0.15) is 24.7 Å². The minimum absolute atomic E-state index is 0.293. The summed E-state index contributed by atoms with van der Waals surface area (Å²) in [7, 11) is 0. The Bertz CT molecular complexity index is 229. The molecule has 5 heteroatoms. The molecule has 1 saturated carbocycles. The maximum absolute atomic E-state index is 5.10. The molecule has 5 nitrogen and oxygen atoms in total. The number of nitrogen functional groups attached to an aromatic ring is 1. The van der Waals surface area contributed by atoms with E-state index in [1.165, 1.54) is 0 Å². The Balaban J connectivity index is 2.19. The first-order chi connectivity index (χ1) is 4.90. The molecule has 0 radical (unpaired) electrons. The van der Waals surface area contributed by atoms with Crippen LogP contribution in [0.3, 0.4) is 0 Å². The van der Waals surface area contributed by atoms with Crippen LogP contribution >= 0.6 is 0 Å². The van der Waals surface area contributed by atoms with E-state index < -0.39 is 0 Å². The van der Waals surface area contributed by atoms with Crippen molar-refractivity contribution in [2.45, 2.75) is 18.8 Å². The molecule has 0 aliphatic heterocycles. The summed E-state index contributed by atoms with van der Waals surface area (Å²) in [6.07, 6.45) is 2.32. The van der Waals surface area contributed by atoms with Crippen LogP contribution in [0, 0.1) is 0 Å². The highest BCUT2D eigenvalue weighted by Crippen LogP contribution is 2.39. The van der Waals surface area contributed by atoms with Gasteiger partial charge in [0.25, 0.3) is 0 Å². The lowest BCUT2D eigenvalue weighted by molar-refractivity contribution is 0.508. The maximum Gasteiger partial charge on any atom is 0.330 e. The summed E-state index contributed by atoms with van der Waals surface area (Å²) < 4.78 is 5.10. The largest absolute Gasteiger partial charge is 0.407 e. The summed E-state index contributed by atoms with van der Waals surface area (Å²) in [5.41, 5.74) is 2.29. The molecule has 0 atom stereocenters. The summed E-state index contributed by atoms with van der Waals surface area (Å²) in [4.78, 5) is 0. The fraction of sp³-hybridized carbons (Fsp3) is 0.600. The summed E-state index contributed by atoms with van der Waals surface area (Å²) in [6, 6.07) is 0.293. The molecule has 0 aromatic carbocycles. The number of nitrogens with two attached hydrogens (primary N) is 1. The van der Waals surface area contributed by atoms with E-state index in [0.717, 1.165) is 12.8 Å². The highest BCUT2D eigenvalue weighted by atomic mass is 16.4. The van der Waals surface area contributed by atoms with Gasteiger partial charge in [0.05, 0.1) is 0 Å². The van der Waals surface area contributed by atoms with Gasteiger partial charge in [0.1, 0.15) is 0 Å². The van der Waals surface area contributed by atoms with E-state index >= 15 is 0 Å². The van der Waals surface area contributed by atoms with Gasteiger partial charge in [-0.25, -0.2) is 5.84 Å². The topological polar surface area (TPSA) is 77.0 Å². The minimum atomic E-state index is 0.293. The Morgan fingerprint density at radius 3 is 2.80 bits per heavy atom. The number of nitrogens with one attached hydrogen (secondary N) is 1. The quantitative estimate of drug-likeness (QED) is 0.454. The Labute approximate surface area is 57.6 Å². The van der Waals surface area contributed by atoms with Crippen LogP contribution in [0.2, 0.25) is 0 Å². The average molecular weight is 140 g/mol. The van der Waals surface area contributed by atoms with E-state index in [0.29, 0.717) is 17.8 Å². The number of hydrazine groups is 1. The number of nitrogens with zero attached hydrogens (tertiary/aromatic N) is 2. The summed E-state index contributed by atoms with van der Waals surface area (Å²) in [5.74, 6) is 6.23. The maximum atomic E-state index is 5.10. The van der Waals surface area contributed by atoms with Gasteiger partial charge in [-0.1, -0.05) is 5.10 Å². The first-order valence-electron chi connectivity index (χ1n) is 3.20. The van der Waals surface area contributed by atoms with Crippen LogP contribution in [0.4, 0.5) is 6.01 Å². The number of rotatable bonds is 2. The molecule has 0 spiro atoms. The van der Waals surface area contributed by atoms with Crippen LogP contribution in [-0.4, -0.2) is 10.2 Å². The molecular formula is C5H8N4O. The van der Waals surface area contributed by atoms with Crippen LogP contribution < -0.4 is 11.3 Å². The summed E-state index contributed by atoms with van der Waals surface area (Å²) >= 11 is 0. The highest BCUT2D eigenvalue weighted by molar-refractivity contribution is 5.15. The molecule has 1 fully saturated rings. The SMILES string of the molecule is NNc1nnc(C2CC2)o1. The standard InChI is InChI=1S/C5H8N4O/c6-7-5-9-8-4(10-5)3-1-2-3/h3H,1-2,6H2,(H,7,9). The van der Waals surface area contributed by atoms with E-state index in [1.54, 1.807) is 0 Å². The molecule has 2 rings (SSSR count). The van der Waals surface area contributed by atoms with Crippen molar-refractivity contribution in [2.75, 3.05) is 5.43 Å². The second-order valence-corrected chi connectivity index (χ2v) is 2.36. The number of hydrogen-bond donors (Lipinski definition) is 2. The van der Waals surface area contributed by atoms with Crippen molar-refractivity contribution in [3.05, 3.63) is 5.89 Å². The number of hydrogen-bond acceptors (Lipinski definition) is 5. The van der Waals surface area contributed by atoms with Crippen LogP contribution in [0.15, 0.2) is 4.42 Å². The first kappa shape index (κ1) is 5.67. The second kappa shape index (κ2) is 1.95. The fourth-order valence-corrected chi connectivity index (χ4v) is 0.788. The molecule has 0 saturated heterocycles. The predicted molar refractivity (Wildman–Crippen MR) is 34.1 cm³/mol. The van der Waals surface area contributed by atoms with E-state index in [4.69, 9.17) is 10.3 Å². The predicted octanol–water partition coefficient (Wildman–Crippen LogP) is 0.233. The molecule has 54 valence electrons. The first-order valence-corrected chi connectivity index (χ1v) is 3.20. The van der Waals surface area contributed by atoms with Crippen molar-refractivity contribution in [1.82, 2.24) is 10.2 Å². The van der Waals surface area contributed by atoms with Crippen molar-refractivity contribution < 1.29 is 4.42 Å². The third-order valence-electron chi connectivity index (χ3n) is 1.49. The van der Waals surface area contributed by atoms with Crippen molar-refractivity contribution in [2.24, 2.45) is 5.84 Å². The Kier molecular flexibility index (Phi) is 1.10. The zero-order valence-electron chi connectivity index (χ0n) is 5.37. The highest BCUT2D eigenvalue weighted by Gasteiger charge is 2.29. The molecule has 1 aliphatic rings. The van der Waals surface area contributed by atoms with Gasteiger partial charge in [-0.05, 0) is 12.8 Å². The van der Waals surface area contributed by atoms with Crippen molar-refractivity contribution in [3.8, 4) is 0 Å². The van der Waals surface area contributed by atoms with E-state index in [-0.39, 0.29) is 0 Å². The zero-order chi connectivity index (χ0) is 6.97. The molecule has 1 aromatic rings. The normalized spacial score (nSPS) is 17.3. The molecule has 0 unspecified atom stereocenters. The fourth-order valence-electron chi connectivity index (χ4n) is 0.788. The van der Waals surface area contributed by atoms with Gasteiger partial charge < -0.3 is 4.42 Å². The van der Waals surface area contributed by atoms with Gasteiger partial charge in [-0.2, -0.15) is 0 Å². The Morgan fingerprint density at radius 1 is 1.50 bits per heavy atom. The Morgan fingerprint density at radius 2 is 2.30 bits per heavy atom. The number of anilines is 1. The number of aromatic nitrogens is 2. The molecule has 1 aliphatic carbocycles. The van der Waals surface area contributed by atoms with Gasteiger partial charge >= 0.3 is 6.01 Å². The van der Waals surface area contributed by atoms with Gasteiger partial charge in [0.15, 0.2) is 0 Å². The van der Waals surface area contributed by atoms with Gasteiger partial charge in [0, 0.05) is 5.92 Å². The molecule has 0 bridgehead atoms. The minimum Gasteiger partial charge on any atom is -0.407 e. The average Bonchev–Trinajstić information content (AvgIpc) is 2.70. The Hall–Kier alpha value is -1.10. The van der Waals surface area contributed by atoms with E-state index in [2.05, 4.69) is 15.6 Å². The monoisotopic (exact) mass is 140 g/mol. The summed E-state index contributed by atoms with van der Waals surface area (Å²) in [5, 5.41) is 7.43. The van der Waals surface area contributed by atoms with Crippen molar-refractivity contribution in [1.29, 1.82) is 0 Å². The lowest BCUT2D eigenvalue weighted by Gasteiger charge is -1.85. The zero-order valence-corrected chi connectivity index (χ0v) is 5.37. The van der Waals surface area contributed by atoms with Crippen molar-refractivity contribution >= 4 is 6.01 Å². The third-order valence-corrected chi connectivity index (χ3v) is 1.49. The molecule has 3 N–H and O–H groups in total. The van der Waals surface area contributed by atoms with Gasteiger partial charge in [-0.3, -0.25) is 5.43 Å². The van der Waals surface area contributed by atoms with Gasteiger partial charge in [0.2, 0.25) is 5.89 Å². The van der Waals surface area contributed by atoms with Crippen molar-refractivity contribution in [3.63, 3.8) is 0 Å². The van der Waals surface area contributed by atoms with E-state index in [9.17, 15) is 0 Å². The van der Waals surface area contributed by atoms with Gasteiger partial charge in [-0.15, -0.1) is 5.10 Å². The van der Waals surface area contributed by atoms with Crippen LogP contribution in [0.25, 0.3) is 0 Å². The van der Waals surface area contributed by atoms with Crippen LogP contribution in [0.5, 0.6) is 0 Å². The van der Waals surface area contributed by atoms with Crippen LogP contribution in [-0.2, 0) is 0 Å². The molecule has 1 aromatic heterocycles. The lowest BCUT2D eigenvalue weighted by Crippen LogP contribution is -2.06. The molecule has 1 heterocycles. The summed E-state index contributed by atoms with van der Waals surface area (Å²) in [6.45, 7) is 0. The molecular weight excluding hydrogens is 132 g/mol. The molecule has 10 heavy (non-hydrogen) atoms.